The number of amides is 1. The van der Waals surface area contributed by atoms with E-state index >= 15 is 0 Å². The molecule has 3 aromatic rings. The lowest BCUT2D eigenvalue weighted by Crippen LogP contribution is -2.46. The van der Waals surface area contributed by atoms with E-state index < -0.39 is 0 Å². The average Bonchev–Trinajstić information content (AvgIpc) is 2.86. The van der Waals surface area contributed by atoms with Crippen LogP contribution in [0.25, 0.3) is 10.8 Å². The van der Waals surface area contributed by atoms with Crippen LogP contribution in [0.5, 0.6) is 0 Å². The van der Waals surface area contributed by atoms with Crippen LogP contribution in [0.1, 0.15) is 25.0 Å². The summed E-state index contributed by atoms with van der Waals surface area (Å²) in [5.74, 6) is 0.173. The second-order valence-electron chi connectivity index (χ2n) is 7.51. The van der Waals surface area contributed by atoms with E-state index in [-0.39, 0.29) is 17.6 Å². The highest BCUT2D eigenvalue weighted by Crippen LogP contribution is 2.27. The molecule has 1 saturated heterocycles. The molecule has 0 bridgehead atoms. The number of nitrogens with zero attached hydrogens (tertiary/aromatic N) is 1. The third-order valence-corrected chi connectivity index (χ3v) is 5.25. The Labute approximate surface area is 154 Å². The van der Waals surface area contributed by atoms with Gasteiger partial charge in [-0.05, 0) is 42.2 Å². The number of nitrogens with one attached hydrogen (secondary N) is 1. The molecule has 3 aromatic carbocycles. The highest BCUT2D eigenvalue weighted by atomic mass is 16.2. The summed E-state index contributed by atoms with van der Waals surface area (Å²) in [5, 5.41) is 5.98. The average molecular weight is 344 g/mol. The Hall–Kier alpha value is -2.65. The number of carbonyl (C=O) groups is 1. The molecule has 3 nitrogen and oxygen atoms in total. The minimum atomic E-state index is -0.359. The number of fused-ring (bicyclic) bond motifs is 1. The second kappa shape index (κ2) is 6.58. The molecular formula is C23H24N2O. The van der Waals surface area contributed by atoms with Gasteiger partial charge < -0.3 is 4.90 Å². The number of carbonyl (C=O) groups excluding carboxylic acids is 1. The Morgan fingerprint density at radius 2 is 1.62 bits per heavy atom. The summed E-state index contributed by atoms with van der Waals surface area (Å²) in [7, 11) is 0. The molecule has 0 unspecified atom stereocenters. The Balaban J connectivity index is 1.59. The summed E-state index contributed by atoms with van der Waals surface area (Å²) in [4.78, 5) is 15.1. The van der Waals surface area contributed by atoms with Gasteiger partial charge in [0, 0.05) is 6.54 Å². The fourth-order valence-corrected chi connectivity index (χ4v) is 3.90. The minimum Gasteiger partial charge on any atom is -0.319 e. The molecule has 0 aromatic heterocycles. The van der Waals surface area contributed by atoms with Crippen LogP contribution in [0.4, 0.5) is 0 Å². The van der Waals surface area contributed by atoms with Crippen molar-refractivity contribution in [2.75, 3.05) is 0 Å². The Bertz CT molecular complexity index is 928. The topological polar surface area (TPSA) is 32.3 Å². The lowest BCUT2D eigenvalue weighted by atomic mass is 9.99. The number of hydrogen-bond acceptors (Lipinski definition) is 2. The van der Waals surface area contributed by atoms with Crippen LogP contribution in [-0.2, 0) is 17.8 Å². The number of rotatable bonds is 4. The van der Waals surface area contributed by atoms with Gasteiger partial charge in [0.2, 0.25) is 5.91 Å². The molecular weight excluding hydrogens is 320 g/mol. The first-order chi connectivity index (χ1) is 12.5. The smallest absolute Gasteiger partial charge is 0.241 e. The molecule has 0 saturated carbocycles. The van der Waals surface area contributed by atoms with Gasteiger partial charge in [0.25, 0.3) is 0 Å². The molecule has 0 spiro atoms. The zero-order valence-corrected chi connectivity index (χ0v) is 15.3. The zero-order chi connectivity index (χ0) is 18.1. The minimum absolute atomic E-state index is 0.173. The van der Waals surface area contributed by atoms with Crippen molar-refractivity contribution in [3.8, 4) is 0 Å². The Kier molecular flexibility index (Phi) is 4.25. The Morgan fingerprint density at radius 3 is 2.42 bits per heavy atom. The molecule has 1 N–H and O–H groups in total. The SMILES string of the molecule is CC1(C)N[C@@H](Cc2cccc3ccccc23)C(=O)N1Cc1ccccc1. The van der Waals surface area contributed by atoms with Crippen molar-refractivity contribution in [1.29, 1.82) is 0 Å². The van der Waals surface area contributed by atoms with Crippen LogP contribution in [0.15, 0.2) is 72.8 Å². The summed E-state index contributed by atoms with van der Waals surface area (Å²) < 4.78 is 0. The van der Waals surface area contributed by atoms with Gasteiger partial charge in [-0.2, -0.15) is 0 Å². The predicted octanol–water partition coefficient (Wildman–Crippen LogP) is 4.12. The van der Waals surface area contributed by atoms with Gasteiger partial charge >= 0.3 is 0 Å². The van der Waals surface area contributed by atoms with Gasteiger partial charge in [-0.1, -0.05) is 72.8 Å². The van der Waals surface area contributed by atoms with Crippen LogP contribution in [0.2, 0.25) is 0 Å². The largest absolute Gasteiger partial charge is 0.319 e. The van der Waals surface area contributed by atoms with Crippen LogP contribution in [-0.4, -0.2) is 22.5 Å². The van der Waals surface area contributed by atoms with Gasteiger partial charge in [0.15, 0.2) is 0 Å². The monoisotopic (exact) mass is 344 g/mol. The van der Waals surface area contributed by atoms with Crippen molar-refractivity contribution in [1.82, 2.24) is 10.2 Å². The quantitative estimate of drug-likeness (QED) is 0.772. The first-order valence-corrected chi connectivity index (χ1v) is 9.14. The molecule has 3 heteroatoms. The van der Waals surface area contributed by atoms with Crippen LogP contribution in [0, 0.1) is 0 Å². The summed E-state index contributed by atoms with van der Waals surface area (Å²) >= 11 is 0. The fourth-order valence-electron chi connectivity index (χ4n) is 3.90. The van der Waals surface area contributed by atoms with Crippen LogP contribution in [0.3, 0.4) is 0 Å². The second-order valence-corrected chi connectivity index (χ2v) is 7.51. The summed E-state index contributed by atoms with van der Waals surface area (Å²) in [6.07, 6.45) is 0.703. The molecule has 132 valence electrons. The standard InChI is InChI=1S/C23H24N2O/c1-23(2)24-21(22(26)25(23)16-17-9-4-3-5-10-17)15-19-13-8-12-18-11-6-7-14-20(18)19/h3-14,21,24H,15-16H2,1-2H3/t21-/m0/s1. The molecule has 0 radical (unpaired) electrons. The van der Waals surface area contributed by atoms with Gasteiger partial charge in [-0.25, -0.2) is 0 Å². The van der Waals surface area contributed by atoms with Crippen molar-refractivity contribution in [2.24, 2.45) is 0 Å². The van der Waals surface area contributed by atoms with E-state index in [2.05, 4.69) is 73.8 Å². The van der Waals surface area contributed by atoms with E-state index in [0.717, 1.165) is 5.56 Å². The maximum atomic E-state index is 13.1. The third-order valence-electron chi connectivity index (χ3n) is 5.25. The normalized spacial score (nSPS) is 19.2. The van der Waals surface area contributed by atoms with Crippen LogP contribution < -0.4 is 5.32 Å². The first kappa shape index (κ1) is 16.8. The maximum absolute atomic E-state index is 13.1. The fraction of sp³-hybridized carbons (Fsp3) is 0.261. The molecule has 1 amide bonds. The van der Waals surface area contributed by atoms with E-state index in [4.69, 9.17) is 0 Å². The number of benzene rings is 3. The van der Waals surface area contributed by atoms with Crippen molar-refractivity contribution >= 4 is 16.7 Å². The van der Waals surface area contributed by atoms with E-state index in [1.54, 1.807) is 0 Å². The first-order valence-electron chi connectivity index (χ1n) is 9.14. The summed E-state index contributed by atoms with van der Waals surface area (Å²) in [6.45, 7) is 4.79. The number of hydrogen-bond donors (Lipinski definition) is 1. The van der Waals surface area contributed by atoms with Crippen molar-refractivity contribution < 1.29 is 4.79 Å². The van der Waals surface area contributed by atoms with E-state index in [9.17, 15) is 4.79 Å². The molecule has 1 aliphatic heterocycles. The lowest BCUT2D eigenvalue weighted by molar-refractivity contribution is -0.132. The van der Waals surface area contributed by atoms with Gasteiger partial charge in [-0.15, -0.1) is 0 Å². The molecule has 1 fully saturated rings. The van der Waals surface area contributed by atoms with Crippen molar-refractivity contribution in [2.45, 2.75) is 38.5 Å². The van der Waals surface area contributed by atoms with Crippen molar-refractivity contribution in [3.05, 3.63) is 83.9 Å². The third kappa shape index (κ3) is 3.11. The Morgan fingerprint density at radius 1 is 0.923 bits per heavy atom. The summed E-state index contributed by atoms with van der Waals surface area (Å²) in [5.41, 5.74) is 2.01. The lowest BCUT2D eigenvalue weighted by Gasteiger charge is -2.31. The van der Waals surface area contributed by atoms with Gasteiger partial charge in [0.05, 0.1) is 11.7 Å². The molecule has 26 heavy (non-hydrogen) atoms. The zero-order valence-electron chi connectivity index (χ0n) is 15.3. The highest BCUT2D eigenvalue weighted by Gasteiger charge is 2.43. The maximum Gasteiger partial charge on any atom is 0.241 e. The van der Waals surface area contributed by atoms with Crippen molar-refractivity contribution in [3.63, 3.8) is 0 Å². The molecule has 1 atom stereocenters. The van der Waals surface area contributed by atoms with E-state index in [1.165, 1.54) is 16.3 Å². The predicted molar refractivity (Wildman–Crippen MR) is 106 cm³/mol. The highest BCUT2D eigenvalue weighted by molar-refractivity contribution is 5.89. The molecule has 1 aliphatic rings. The van der Waals surface area contributed by atoms with E-state index in [1.807, 2.05) is 23.1 Å². The molecule has 0 aliphatic carbocycles. The summed E-state index contributed by atoms with van der Waals surface area (Å²) in [6, 6.07) is 24.7. The van der Waals surface area contributed by atoms with Crippen LogP contribution >= 0.6 is 0 Å². The molecule has 1 heterocycles. The van der Waals surface area contributed by atoms with Gasteiger partial charge in [0.1, 0.15) is 0 Å². The molecule has 4 rings (SSSR count). The van der Waals surface area contributed by atoms with E-state index in [0.29, 0.717) is 13.0 Å². The van der Waals surface area contributed by atoms with Gasteiger partial charge in [-0.3, -0.25) is 10.1 Å².